The van der Waals surface area contributed by atoms with Gasteiger partial charge in [0.05, 0.1) is 10.0 Å². The van der Waals surface area contributed by atoms with E-state index in [2.05, 4.69) is 0 Å². The number of halogens is 2. The van der Waals surface area contributed by atoms with Crippen molar-refractivity contribution < 1.29 is 4.79 Å². The number of carbonyl (C=O) groups is 1. The van der Waals surface area contributed by atoms with Gasteiger partial charge in [0.2, 0.25) is 0 Å². The highest BCUT2D eigenvalue weighted by Gasteiger charge is 2.16. The molecule has 0 atom stereocenters. The summed E-state index contributed by atoms with van der Waals surface area (Å²) in [5.41, 5.74) is 4.10. The largest absolute Gasteiger partial charge is 0.288 e. The summed E-state index contributed by atoms with van der Waals surface area (Å²) in [5, 5.41) is 0.920. The minimum absolute atomic E-state index is 0.141. The lowest BCUT2D eigenvalue weighted by Crippen LogP contribution is -2.04. The standard InChI is InChI=1S/C16H14Cl2O/c1-9-4-5-12(14(17)6-9)16(19)13-7-10(2)11(3)8-15(13)18/h4-8H,1-3H3. The molecule has 0 saturated carbocycles. The fraction of sp³-hybridized carbons (Fsp3) is 0.188. The predicted molar refractivity (Wildman–Crippen MR) is 80.5 cm³/mol. The maximum atomic E-state index is 12.5. The highest BCUT2D eigenvalue weighted by molar-refractivity contribution is 6.38. The van der Waals surface area contributed by atoms with E-state index in [0.29, 0.717) is 21.2 Å². The van der Waals surface area contributed by atoms with E-state index in [0.717, 1.165) is 16.7 Å². The van der Waals surface area contributed by atoms with Crippen molar-refractivity contribution in [1.29, 1.82) is 0 Å². The molecular weight excluding hydrogens is 279 g/mol. The van der Waals surface area contributed by atoms with E-state index in [-0.39, 0.29) is 5.78 Å². The van der Waals surface area contributed by atoms with Crippen LogP contribution in [0.3, 0.4) is 0 Å². The summed E-state index contributed by atoms with van der Waals surface area (Å²) >= 11 is 12.3. The fourth-order valence-corrected chi connectivity index (χ4v) is 2.53. The Hall–Kier alpha value is -1.31. The van der Waals surface area contributed by atoms with Crippen molar-refractivity contribution >= 4 is 29.0 Å². The molecule has 19 heavy (non-hydrogen) atoms. The highest BCUT2D eigenvalue weighted by atomic mass is 35.5. The first-order valence-corrected chi connectivity index (χ1v) is 6.73. The fourth-order valence-electron chi connectivity index (χ4n) is 1.90. The zero-order chi connectivity index (χ0) is 14.2. The Morgan fingerprint density at radius 2 is 1.42 bits per heavy atom. The third-order valence-corrected chi connectivity index (χ3v) is 3.82. The number of hydrogen-bond acceptors (Lipinski definition) is 1. The van der Waals surface area contributed by atoms with Crippen LogP contribution in [-0.2, 0) is 0 Å². The molecule has 0 amide bonds. The average molecular weight is 293 g/mol. The second kappa shape index (κ2) is 5.36. The van der Waals surface area contributed by atoms with E-state index in [9.17, 15) is 4.79 Å². The molecule has 0 aliphatic rings. The molecule has 2 aromatic carbocycles. The van der Waals surface area contributed by atoms with Crippen molar-refractivity contribution in [3.05, 3.63) is 68.2 Å². The number of aryl methyl sites for hydroxylation is 3. The zero-order valence-electron chi connectivity index (χ0n) is 11.1. The van der Waals surface area contributed by atoms with Crippen molar-refractivity contribution in [3.8, 4) is 0 Å². The molecule has 0 aliphatic carbocycles. The van der Waals surface area contributed by atoms with Crippen LogP contribution < -0.4 is 0 Å². The SMILES string of the molecule is Cc1ccc(C(=O)c2cc(C)c(C)cc2Cl)c(Cl)c1. The van der Waals surface area contributed by atoms with Gasteiger partial charge >= 0.3 is 0 Å². The molecule has 98 valence electrons. The topological polar surface area (TPSA) is 17.1 Å². The third kappa shape index (κ3) is 2.83. The van der Waals surface area contributed by atoms with Crippen LogP contribution in [0.25, 0.3) is 0 Å². The molecule has 2 aromatic rings. The Balaban J connectivity index is 2.53. The average Bonchev–Trinajstić information content (AvgIpc) is 2.33. The van der Waals surface area contributed by atoms with Gasteiger partial charge in [-0.25, -0.2) is 0 Å². The van der Waals surface area contributed by atoms with Crippen molar-refractivity contribution in [2.24, 2.45) is 0 Å². The van der Waals surface area contributed by atoms with E-state index < -0.39 is 0 Å². The van der Waals surface area contributed by atoms with Gasteiger partial charge in [-0.15, -0.1) is 0 Å². The first-order chi connectivity index (χ1) is 8.90. The van der Waals surface area contributed by atoms with Crippen LogP contribution in [-0.4, -0.2) is 5.78 Å². The van der Waals surface area contributed by atoms with Crippen molar-refractivity contribution in [2.45, 2.75) is 20.8 Å². The smallest absolute Gasteiger partial charge is 0.196 e. The Morgan fingerprint density at radius 1 is 0.842 bits per heavy atom. The van der Waals surface area contributed by atoms with Crippen LogP contribution >= 0.6 is 23.2 Å². The number of hydrogen-bond donors (Lipinski definition) is 0. The zero-order valence-corrected chi connectivity index (χ0v) is 12.6. The molecular formula is C16H14Cl2O. The van der Waals surface area contributed by atoms with Crippen LogP contribution in [0.4, 0.5) is 0 Å². The Bertz CT molecular complexity index is 660. The second-order valence-electron chi connectivity index (χ2n) is 4.73. The second-order valence-corrected chi connectivity index (χ2v) is 5.54. The summed E-state index contributed by atoms with van der Waals surface area (Å²) in [5.74, 6) is -0.141. The van der Waals surface area contributed by atoms with Crippen LogP contribution in [0.15, 0.2) is 30.3 Å². The molecule has 0 spiro atoms. The van der Waals surface area contributed by atoms with Gasteiger partial charge in [-0.3, -0.25) is 4.79 Å². The van der Waals surface area contributed by atoms with Gasteiger partial charge in [-0.2, -0.15) is 0 Å². The molecule has 0 aromatic heterocycles. The molecule has 1 nitrogen and oxygen atoms in total. The van der Waals surface area contributed by atoms with E-state index >= 15 is 0 Å². The highest BCUT2D eigenvalue weighted by Crippen LogP contribution is 2.27. The quantitative estimate of drug-likeness (QED) is 0.700. The molecule has 3 heteroatoms. The normalized spacial score (nSPS) is 10.6. The lowest BCUT2D eigenvalue weighted by Gasteiger charge is -2.09. The summed E-state index contributed by atoms with van der Waals surface area (Å²) in [6.45, 7) is 5.86. The van der Waals surface area contributed by atoms with Crippen molar-refractivity contribution in [2.75, 3.05) is 0 Å². The Morgan fingerprint density at radius 3 is 2.05 bits per heavy atom. The molecule has 0 unspecified atom stereocenters. The van der Waals surface area contributed by atoms with Gasteiger partial charge in [0, 0.05) is 11.1 Å². The molecule has 0 fully saturated rings. The maximum Gasteiger partial charge on any atom is 0.196 e. The van der Waals surface area contributed by atoms with E-state index in [1.54, 1.807) is 12.1 Å². The Labute approximate surface area is 123 Å². The maximum absolute atomic E-state index is 12.5. The monoisotopic (exact) mass is 292 g/mol. The molecule has 0 bridgehead atoms. The minimum Gasteiger partial charge on any atom is -0.288 e. The van der Waals surface area contributed by atoms with Crippen molar-refractivity contribution in [3.63, 3.8) is 0 Å². The summed E-state index contributed by atoms with van der Waals surface area (Å²) in [6, 6.07) is 9.02. The van der Waals surface area contributed by atoms with Crippen LogP contribution in [0, 0.1) is 20.8 Å². The molecule has 0 radical (unpaired) electrons. The van der Waals surface area contributed by atoms with E-state index in [4.69, 9.17) is 23.2 Å². The summed E-state index contributed by atoms with van der Waals surface area (Å²) in [4.78, 5) is 12.5. The van der Waals surface area contributed by atoms with Crippen LogP contribution in [0.2, 0.25) is 10.0 Å². The molecule has 0 aliphatic heterocycles. The first kappa shape index (κ1) is 14.1. The lowest BCUT2D eigenvalue weighted by molar-refractivity contribution is 0.103. The van der Waals surface area contributed by atoms with E-state index in [1.807, 2.05) is 39.0 Å². The number of benzene rings is 2. The Kier molecular flexibility index (Phi) is 3.98. The molecule has 0 N–H and O–H groups in total. The molecule has 0 heterocycles. The van der Waals surface area contributed by atoms with Crippen molar-refractivity contribution in [1.82, 2.24) is 0 Å². The van der Waals surface area contributed by atoms with E-state index in [1.165, 1.54) is 0 Å². The van der Waals surface area contributed by atoms with Gasteiger partial charge in [0.1, 0.15) is 0 Å². The van der Waals surface area contributed by atoms with Gasteiger partial charge in [0.25, 0.3) is 0 Å². The van der Waals surface area contributed by atoms with Crippen LogP contribution in [0.1, 0.15) is 32.6 Å². The minimum atomic E-state index is -0.141. The number of rotatable bonds is 2. The lowest BCUT2D eigenvalue weighted by atomic mass is 9.98. The number of ketones is 1. The van der Waals surface area contributed by atoms with Gasteiger partial charge in [-0.05, 0) is 61.7 Å². The summed E-state index contributed by atoms with van der Waals surface area (Å²) < 4.78 is 0. The summed E-state index contributed by atoms with van der Waals surface area (Å²) in [6.07, 6.45) is 0. The first-order valence-electron chi connectivity index (χ1n) is 5.97. The van der Waals surface area contributed by atoms with Crippen LogP contribution in [0.5, 0.6) is 0 Å². The van der Waals surface area contributed by atoms with Gasteiger partial charge in [-0.1, -0.05) is 29.3 Å². The third-order valence-electron chi connectivity index (χ3n) is 3.20. The van der Waals surface area contributed by atoms with Gasteiger partial charge in [0.15, 0.2) is 5.78 Å². The van der Waals surface area contributed by atoms with Gasteiger partial charge < -0.3 is 0 Å². The molecule has 0 saturated heterocycles. The predicted octanol–water partition coefficient (Wildman–Crippen LogP) is 5.15. The molecule has 2 rings (SSSR count). The summed E-state index contributed by atoms with van der Waals surface area (Å²) in [7, 11) is 0. The number of carbonyl (C=O) groups excluding carboxylic acids is 1.